The van der Waals surface area contributed by atoms with Gasteiger partial charge >= 0.3 is 5.97 Å². The van der Waals surface area contributed by atoms with Crippen LogP contribution in [0.25, 0.3) is 10.9 Å². The molecular formula is C95H127FN16O19S. The van der Waals surface area contributed by atoms with Gasteiger partial charge in [-0.05, 0) is 139 Å². The molecule has 16 N–H and O–H groups in total. The number of aromatic hydroxyl groups is 2. The number of carboxylic acid groups (broad SMARTS) is 1. The summed E-state index contributed by atoms with van der Waals surface area (Å²) in [5, 5.41) is 69.0. The van der Waals surface area contributed by atoms with E-state index in [1.54, 1.807) is 102 Å². The van der Waals surface area contributed by atoms with Crippen molar-refractivity contribution in [1.29, 1.82) is 0 Å². The van der Waals surface area contributed by atoms with Gasteiger partial charge in [0, 0.05) is 89.2 Å². The summed E-state index contributed by atoms with van der Waals surface area (Å²) in [4.78, 5) is 233. The van der Waals surface area contributed by atoms with E-state index in [1.807, 2.05) is 6.92 Å². The molecule has 0 bridgehead atoms. The fourth-order valence-corrected chi connectivity index (χ4v) is 17.7. The quantitative estimate of drug-likeness (QED) is 0.0436. The molecule has 0 spiro atoms. The second kappa shape index (κ2) is 49.1. The van der Waals surface area contributed by atoms with Crippen LogP contribution in [0.15, 0.2) is 134 Å². The van der Waals surface area contributed by atoms with E-state index in [2.05, 4.69) is 52.8 Å². The molecule has 4 heterocycles. The summed E-state index contributed by atoms with van der Waals surface area (Å²) in [5.41, 5.74) is 8.47. The molecule has 37 heteroatoms. The summed E-state index contributed by atoms with van der Waals surface area (Å²) in [5.74, 6) is -16.6. The second-order valence-corrected chi connectivity index (χ2v) is 36.6. The summed E-state index contributed by atoms with van der Waals surface area (Å²) < 4.78 is 14.6. The number of phenolic OH excluding ortho intramolecular Hbond substituents is 2. The highest BCUT2D eigenvalue weighted by Gasteiger charge is 2.46. The van der Waals surface area contributed by atoms with Crippen LogP contribution in [0.4, 0.5) is 4.39 Å². The topological polar surface area (TPSA) is 503 Å². The largest absolute Gasteiger partial charge is 0.508 e. The number of phenols is 2. The van der Waals surface area contributed by atoms with E-state index < -0.39 is 210 Å². The molecule has 14 atom stereocenters. The van der Waals surface area contributed by atoms with E-state index in [0.29, 0.717) is 64.4 Å². The number of primary amides is 1. The highest BCUT2D eigenvalue weighted by molar-refractivity contribution is 8.00. The van der Waals surface area contributed by atoms with Crippen LogP contribution in [0.2, 0.25) is 0 Å². The third-order valence-corrected chi connectivity index (χ3v) is 25.1. The number of amides is 14. The van der Waals surface area contributed by atoms with Crippen LogP contribution < -0.4 is 53.6 Å². The average molecular weight is 1850 g/mol. The minimum Gasteiger partial charge on any atom is -0.508 e. The maximum absolute atomic E-state index is 15.8. The number of likely N-dealkylation sites (N-methyl/N-ethyl adjacent to an activating group) is 3. The van der Waals surface area contributed by atoms with Crippen molar-refractivity contribution >= 4 is 111 Å². The first-order valence-corrected chi connectivity index (χ1v) is 46.2. The molecule has 0 saturated carbocycles. The van der Waals surface area contributed by atoms with Crippen LogP contribution in [0.3, 0.4) is 0 Å². The monoisotopic (exact) mass is 1850 g/mol. The number of nitrogens with two attached hydrogens (primary N) is 1. The van der Waals surface area contributed by atoms with Crippen LogP contribution in [-0.4, -0.2) is 276 Å². The highest BCUT2D eigenvalue weighted by Crippen LogP contribution is 2.29. The number of carbonyl (C=O) groups excluding carboxylic acids is 14. The summed E-state index contributed by atoms with van der Waals surface area (Å²) in [6.07, 6.45) is -0.532. The van der Waals surface area contributed by atoms with Crippen molar-refractivity contribution in [1.82, 2.24) is 77.3 Å². The number of H-pyrrole nitrogens is 1. The number of carbonyl (C=O) groups is 15. The van der Waals surface area contributed by atoms with Crippen molar-refractivity contribution in [3.05, 3.63) is 167 Å². The van der Waals surface area contributed by atoms with Gasteiger partial charge in [0.1, 0.15) is 90.0 Å². The Kier molecular flexibility index (Phi) is 38.4. The minimum absolute atomic E-state index is 0.0136. The van der Waals surface area contributed by atoms with Gasteiger partial charge in [0.25, 0.3) is 0 Å². The van der Waals surface area contributed by atoms with Crippen LogP contribution in [0.1, 0.15) is 147 Å². The van der Waals surface area contributed by atoms with Gasteiger partial charge in [-0.2, -0.15) is 0 Å². The van der Waals surface area contributed by atoms with E-state index in [-0.39, 0.29) is 107 Å². The molecule has 132 heavy (non-hydrogen) atoms. The average Bonchev–Trinajstić information content (AvgIpc) is 1.64. The molecule has 14 amide bonds. The number of aliphatic hydroxyl groups excluding tert-OH is 1. The van der Waals surface area contributed by atoms with Gasteiger partial charge in [0.2, 0.25) is 82.7 Å². The van der Waals surface area contributed by atoms with Gasteiger partial charge in [-0.15, -0.1) is 11.8 Å². The number of aliphatic carboxylic acids is 1. The smallest absolute Gasteiger partial charge is 0.305 e. The lowest BCUT2D eigenvalue weighted by Gasteiger charge is -2.39. The number of aliphatic hydroxyl groups is 1. The number of fused-ring (bicyclic) bond motifs is 3. The Hall–Kier alpha value is -12.5. The number of hydrogen-bond donors (Lipinski definition) is 15. The number of halogens is 1. The Labute approximate surface area is 772 Å². The third-order valence-electron chi connectivity index (χ3n) is 24.1. The lowest BCUT2D eigenvalue weighted by Crippen LogP contribution is -2.63. The van der Waals surface area contributed by atoms with E-state index in [0.717, 1.165) is 33.7 Å². The summed E-state index contributed by atoms with van der Waals surface area (Å²) in [6.45, 7) is 11.4. The molecule has 5 aromatic carbocycles. The minimum atomic E-state index is -2.01. The van der Waals surface area contributed by atoms with E-state index in [4.69, 9.17) is 5.73 Å². The number of piperidine rings is 1. The number of rotatable bonds is 23. The first kappa shape index (κ1) is 103. The van der Waals surface area contributed by atoms with Gasteiger partial charge in [-0.25, -0.2) is 4.39 Å². The molecule has 35 nitrogen and oxygen atoms in total. The van der Waals surface area contributed by atoms with E-state index in [9.17, 15) is 48.8 Å². The van der Waals surface area contributed by atoms with Crippen molar-refractivity contribution in [2.24, 2.45) is 23.5 Å². The van der Waals surface area contributed by atoms with Gasteiger partial charge in [0.15, 0.2) is 0 Å². The van der Waals surface area contributed by atoms with Crippen molar-refractivity contribution < 1.29 is 96.7 Å². The lowest BCUT2D eigenvalue weighted by molar-refractivity contribution is -0.152. The maximum Gasteiger partial charge on any atom is 0.305 e. The molecule has 0 radical (unpaired) electrons. The standard InChI is InChI=1S/C95H127FN16O19S/c1-11-12-25-76-94(130)112-41-20-27-75(112)89(125)104-70(49-81(117)118)87(123)107-82(56(6)7)95(131)109(9)77(43-55(4)5)90(126)105-72(46-60-32-38-64(114)39-33-60)92(128)111-40-19-18-26-74(111)88(124)103-69(48-61-50-98-66-24-17-16-23-65(61)66)86(122)102-68(44-59-30-36-63(113)37-31-59)85(121)101-67(42-54(2)3)84(120)106-73(83(119)99-51-79(97)115)52-132-53-80(116)100-71(45-58-28-34-62(96)35-29-58)91(127)110(10)78(93(129)108(76)8)47-57-21-14-13-15-22-57/h13-17,21-24,28-39,50,54-56,67-78,82,87,98,107,113-114,123H,11-12,18-20,25-27,40-49,51-53H2,1-10H3,(H2,97,115)(H,99,119)(H,100,116)(H,101,121)(H,102,122)(H,103,124)(H,104,125)(H,105,126)(H,106,120)(H,117,118)/t67-,68-,69-,70-,71-,72-,73-,74+,75+,76-,77-,78?,82-,87?/m0/s1. The molecule has 6 aromatic rings. The number of thioether (sulfide) groups is 1. The first-order valence-electron chi connectivity index (χ1n) is 45.0. The number of nitrogens with one attached hydrogen (secondary N) is 10. The molecule has 9 rings (SSSR count). The highest BCUT2D eigenvalue weighted by atomic mass is 32.2. The zero-order chi connectivity index (χ0) is 96.3. The number of carboxylic acids is 1. The molecular weight excluding hydrogens is 1720 g/mol. The molecule has 714 valence electrons. The van der Waals surface area contributed by atoms with Gasteiger partial charge in [0.05, 0.1) is 30.8 Å². The van der Waals surface area contributed by atoms with Crippen LogP contribution in [0.5, 0.6) is 11.5 Å². The van der Waals surface area contributed by atoms with Crippen LogP contribution in [0, 0.1) is 23.6 Å². The van der Waals surface area contributed by atoms with E-state index >= 15 is 47.9 Å². The predicted octanol–water partition coefficient (Wildman–Crippen LogP) is 3.52. The Morgan fingerprint density at radius 3 is 1.63 bits per heavy atom. The molecule has 3 saturated heterocycles. The number of para-hydroxylation sites is 1. The Morgan fingerprint density at radius 2 is 1.03 bits per heavy atom. The van der Waals surface area contributed by atoms with Gasteiger partial charge in [-0.3, -0.25) is 77.2 Å². The third kappa shape index (κ3) is 29.2. The molecule has 3 fully saturated rings. The van der Waals surface area contributed by atoms with Crippen molar-refractivity contribution in [2.75, 3.05) is 52.3 Å². The van der Waals surface area contributed by atoms with Gasteiger partial charge in [-0.1, -0.05) is 146 Å². The van der Waals surface area contributed by atoms with E-state index in [1.165, 1.54) is 96.5 Å². The first-order chi connectivity index (χ1) is 62.8. The van der Waals surface area contributed by atoms with Crippen molar-refractivity contribution in [2.45, 2.75) is 236 Å². The predicted molar refractivity (Wildman–Crippen MR) is 491 cm³/mol. The van der Waals surface area contributed by atoms with Crippen molar-refractivity contribution in [3.63, 3.8) is 0 Å². The van der Waals surface area contributed by atoms with Crippen LogP contribution >= 0.6 is 11.8 Å². The zero-order valence-corrected chi connectivity index (χ0v) is 77.2. The molecule has 0 aliphatic carbocycles. The maximum atomic E-state index is 15.8. The Balaban J connectivity index is 1.13. The molecule has 3 aliphatic rings. The number of unbranched alkanes of at least 4 members (excludes halogenated alkanes) is 1. The summed E-state index contributed by atoms with van der Waals surface area (Å²) >= 11 is 0.799. The van der Waals surface area contributed by atoms with Gasteiger partial charge < -0.3 is 98.2 Å². The fourth-order valence-electron chi connectivity index (χ4n) is 16.8. The van der Waals surface area contributed by atoms with Crippen LogP contribution in [-0.2, 0) is 104 Å². The number of aromatic amines is 1. The normalized spacial score (nSPS) is 24.4. The lowest BCUT2D eigenvalue weighted by atomic mass is 9.95. The number of nitrogens with zero attached hydrogens (tertiary/aromatic N) is 5. The second-order valence-electron chi connectivity index (χ2n) is 35.5. The Morgan fingerprint density at radius 1 is 0.523 bits per heavy atom. The van der Waals surface area contributed by atoms with Crippen molar-refractivity contribution in [3.8, 4) is 11.5 Å². The Bertz CT molecular complexity index is 5010. The number of hydrogen-bond acceptors (Lipinski definition) is 20. The summed E-state index contributed by atoms with van der Waals surface area (Å²) in [7, 11) is 4.08. The SMILES string of the molecule is CCCC[C@H]1C(=O)N2CCC[C@@H]2C(=O)N[C@@H](CC(=O)O)C(O)N[C@@H](C(C)C)C(=O)N(C)[C@@H](CC(C)C)C(=O)N[C@@H](Cc2ccc(O)cc2)C(=O)N2CCCC[C@@H]2C(=O)N[C@@H](Cc2c[nH]c3ccccc23)C(=O)N[C@@H](Cc2ccc(O)cc2)C(=O)N[C@@H](CC(C)C)C(=O)N[C@H](C(=O)NCC(N)=O)CSCC(=O)N[C@@H](Cc2ccc(F)cc2)C(=O)N(C)C(Cc2ccccc2)C(=O)N1C. The number of benzene rings is 5. The molecule has 2 unspecified atom stereocenters. The molecule has 3 aliphatic heterocycles. The number of aromatic nitrogens is 1. The molecule has 1 aromatic heterocycles. The zero-order valence-electron chi connectivity index (χ0n) is 76.4. The fraction of sp³-hybridized carbons (Fsp3) is 0.505. The summed E-state index contributed by atoms with van der Waals surface area (Å²) in [6, 6.07) is 13.3.